The van der Waals surface area contributed by atoms with E-state index in [4.69, 9.17) is 10.00 Å². The predicted octanol–water partition coefficient (Wildman–Crippen LogP) is 3.18. The largest absolute Gasteiger partial charge is 0.493 e. The normalized spacial score (nSPS) is 9.81. The first-order valence-electron chi connectivity index (χ1n) is 5.21. The van der Waals surface area contributed by atoms with E-state index in [1.54, 1.807) is 12.1 Å². The Hall–Kier alpha value is -1.21. The van der Waals surface area contributed by atoms with Crippen LogP contribution >= 0.6 is 12.6 Å². The predicted molar refractivity (Wildman–Crippen MR) is 64.3 cm³/mol. The third-order valence-electron chi connectivity index (χ3n) is 2.13. The van der Waals surface area contributed by atoms with Gasteiger partial charge in [-0.25, -0.2) is 4.39 Å². The Kier molecular flexibility index (Phi) is 5.73. The van der Waals surface area contributed by atoms with Crippen molar-refractivity contribution in [1.29, 1.82) is 5.26 Å². The monoisotopic (exact) mass is 239 g/mol. The molecular formula is C12H14FNOS. The maximum Gasteiger partial charge on any atom is 0.144 e. The molecule has 4 heteroatoms. The van der Waals surface area contributed by atoms with Crippen molar-refractivity contribution in [3.05, 3.63) is 29.6 Å². The Balaban J connectivity index is 2.38. The van der Waals surface area contributed by atoms with Crippen LogP contribution in [0.2, 0.25) is 0 Å². The summed E-state index contributed by atoms with van der Waals surface area (Å²) in [7, 11) is 0. The van der Waals surface area contributed by atoms with Gasteiger partial charge in [0, 0.05) is 6.07 Å². The SMILES string of the molecule is N#Cc1ccc(OCCCCCS)cc1F. The average molecular weight is 239 g/mol. The quantitative estimate of drug-likeness (QED) is 0.611. The summed E-state index contributed by atoms with van der Waals surface area (Å²) in [4.78, 5) is 0. The highest BCUT2D eigenvalue weighted by Gasteiger charge is 2.02. The first-order chi connectivity index (χ1) is 7.77. The van der Waals surface area contributed by atoms with Crippen molar-refractivity contribution >= 4 is 12.6 Å². The molecule has 0 spiro atoms. The maximum atomic E-state index is 13.2. The summed E-state index contributed by atoms with van der Waals surface area (Å²) >= 11 is 4.11. The molecule has 0 atom stereocenters. The molecule has 0 fully saturated rings. The van der Waals surface area contributed by atoms with Gasteiger partial charge in [0.2, 0.25) is 0 Å². The van der Waals surface area contributed by atoms with E-state index in [0.29, 0.717) is 12.4 Å². The molecule has 0 heterocycles. The molecule has 16 heavy (non-hydrogen) atoms. The summed E-state index contributed by atoms with van der Waals surface area (Å²) in [5, 5.41) is 8.54. The highest BCUT2D eigenvalue weighted by Crippen LogP contribution is 2.16. The third-order valence-corrected chi connectivity index (χ3v) is 2.45. The summed E-state index contributed by atoms with van der Waals surface area (Å²) in [6.07, 6.45) is 3.05. The van der Waals surface area contributed by atoms with Gasteiger partial charge in [0.1, 0.15) is 17.6 Å². The van der Waals surface area contributed by atoms with Crippen LogP contribution < -0.4 is 4.74 Å². The van der Waals surface area contributed by atoms with E-state index in [9.17, 15) is 4.39 Å². The molecule has 0 unspecified atom stereocenters. The van der Waals surface area contributed by atoms with Gasteiger partial charge in [0.15, 0.2) is 0 Å². The topological polar surface area (TPSA) is 33.0 Å². The number of unbranched alkanes of at least 4 members (excludes halogenated alkanes) is 2. The molecule has 0 amide bonds. The first-order valence-corrected chi connectivity index (χ1v) is 5.84. The highest BCUT2D eigenvalue weighted by molar-refractivity contribution is 7.80. The first kappa shape index (κ1) is 12.9. The zero-order valence-electron chi connectivity index (χ0n) is 8.95. The zero-order chi connectivity index (χ0) is 11.8. The summed E-state index contributed by atoms with van der Waals surface area (Å²) < 4.78 is 18.5. The second-order valence-corrected chi connectivity index (χ2v) is 3.83. The molecule has 86 valence electrons. The van der Waals surface area contributed by atoms with Crippen molar-refractivity contribution in [2.24, 2.45) is 0 Å². The fraction of sp³-hybridized carbons (Fsp3) is 0.417. The van der Waals surface area contributed by atoms with Crippen molar-refractivity contribution in [2.75, 3.05) is 12.4 Å². The minimum atomic E-state index is -0.532. The van der Waals surface area contributed by atoms with Gasteiger partial charge in [-0.05, 0) is 37.1 Å². The molecular weight excluding hydrogens is 225 g/mol. The van der Waals surface area contributed by atoms with Crippen molar-refractivity contribution in [3.63, 3.8) is 0 Å². The molecule has 0 saturated carbocycles. The number of nitriles is 1. The number of thiol groups is 1. The molecule has 0 saturated heterocycles. The van der Waals surface area contributed by atoms with Crippen LogP contribution in [-0.4, -0.2) is 12.4 Å². The van der Waals surface area contributed by atoms with E-state index in [1.807, 2.05) is 0 Å². The van der Waals surface area contributed by atoms with E-state index in [0.717, 1.165) is 25.0 Å². The lowest BCUT2D eigenvalue weighted by Gasteiger charge is -2.06. The smallest absolute Gasteiger partial charge is 0.144 e. The second-order valence-electron chi connectivity index (χ2n) is 3.39. The van der Waals surface area contributed by atoms with Crippen molar-refractivity contribution < 1.29 is 9.13 Å². The fourth-order valence-corrected chi connectivity index (χ4v) is 1.48. The summed E-state index contributed by atoms with van der Waals surface area (Å²) in [6.45, 7) is 0.569. The van der Waals surface area contributed by atoms with Crippen molar-refractivity contribution in [1.82, 2.24) is 0 Å². The number of hydrogen-bond donors (Lipinski definition) is 1. The Morgan fingerprint density at radius 2 is 2.12 bits per heavy atom. The minimum Gasteiger partial charge on any atom is -0.493 e. The molecule has 0 aliphatic carbocycles. The molecule has 0 bridgehead atoms. The third kappa shape index (κ3) is 4.11. The van der Waals surface area contributed by atoms with Crippen LogP contribution in [0, 0.1) is 17.1 Å². The van der Waals surface area contributed by atoms with Crippen molar-refractivity contribution in [2.45, 2.75) is 19.3 Å². The Labute approximate surface area is 100 Å². The van der Waals surface area contributed by atoms with Crippen LogP contribution in [0.1, 0.15) is 24.8 Å². The highest BCUT2D eigenvalue weighted by atomic mass is 32.1. The van der Waals surface area contributed by atoms with E-state index in [2.05, 4.69) is 12.6 Å². The lowest BCUT2D eigenvalue weighted by Crippen LogP contribution is -1.98. The molecule has 1 aromatic rings. The van der Waals surface area contributed by atoms with Crippen LogP contribution in [0.4, 0.5) is 4.39 Å². The van der Waals surface area contributed by atoms with Crippen LogP contribution in [0.15, 0.2) is 18.2 Å². The van der Waals surface area contributed by atoms with Gasteiger partial charge in [-0.15, -0.1) is 0 Å². The lowest BCUT2D eigenvalue weighted by atomic mass is 10.2. The fourth-order valence-electron chi connectivity index (χ4n) is 1.26. The molecule has 0 aromatic heterocycles. The molecule has 1 aromatic carbocycles. The number of halogens is 1. The van der Waals surface area contributed by atoms with Crippen LogP contribution in [0.5, 0.6) is 5.75 Å². The van der Waals surface area contributed by atoms with Crippen LogP contribution in [0.25, 0.3) is 0 Å². The second kappa shape index (κ2) is 7.13. The van der Waals surface area contributed by atoms with Gasteiger partial charge in [0.25, 0.3) is 0 Å². The van der Waals surface area contributed by atoms with Crippen LogP contribution in [-0.2, 0) is 0 Å². The molecule has 0 radical (unpaired) electrons. The Bertz CT molecular complexity index is 376. The maximum absolute atomic E-state index is 13.2. The van der Waals surface area contributed by atoms with E-state index in [1.165, 1.54) is 12.1 Å². The zero-order valence-corrected chi connectivity index (χ0v) is 9.84. The summed E-state index contributed by atoms with van der Waals surface area (Å²) in [5.41, 5.74) is 0.0439. The number of rotatable bonds is 6. The molecule has 0 aliphatic heterocycles. The summed E-state index contributed by atoms with van der Waals surface area (Å²) in [5.74, 6) is 0.823. The van der Waals surface area contributed by atoms with Crippen LogP contribution in [0.3, 0.4) is 0 Å². The number of benzene rings is 1. The molecule has 1 rings (SSSR count). The lowest BCUT2D eigenvalue weighted by molar-refractivity contribution is 0.305. The van der Waals surface area contributed by atoms with Gasteiger partial charge >= 0.3 is 0 Å². The van der Waals surface area contributed by atoms with Gasteiger partial charge in [0.05, 0.1) is 12.2 Å². The average Bonchev–Trinajstić information content (AvgIpc) is 2.29. The molecule has 0 N–H and O–H groups in total. The number of ether oxygens (including phenoxy) is 1. The van der Waals surface area contributed by atoms with Gasteiger partial charge in [-0.3, -0.25) is 0 Å². The molecule has 0 aliphatic rings. The molecule has 2 nitrogen and oxygen atoms in total. The number of hydrogen-bond acceptors (Lipinski definition) is 3. The summed E-state index contributed by atoms with van der Waals surface area (Å²) in [6, 6.07) is 6.05. The van der Waals surface area contributed by atoms with E-state index in [-0.39, 0.29) is 5.56 Å². The standard InChI is InChI=1S/C12H14FNOS/c13-12-8-11(5-4-10(12)9-14)15-6-2-1-3-7-16/h4-5,8,16H,1-3,6-7H2. The number of nitrogens with zero attached hydrogens (tertiary/aromatic N) is 1. The Morgan fingerprint density at radius 1 is 1.31 bits per heavy atom. The van der Waals surface area contributed by atoms with Gasteiger partial charge < -0.3 is 4.74 Å². The van der Waals surface area contributed by atoms with Gasteiger partial charge in [-0.1, -0.05) is 0 Å². The van der Waals surface area contributed by atoms with E-state index >= 15 is 0 Å². The van der Waals surface area contributed by atoms with Gasteiger partial charge in [-0.2, -0.15) is 17.9 Å². The Morgan fingerprint density at radius 3 is 2.75 bits per heavy atom. The van der Waals surface area contributed by atoms with E-state index < -0.39 is 5.82 Å². The minimum absolute atomic E-state index is 0.0439. The van der Waals surface area contributed by atoms with Crippen molar-refractivity contribution in [3.8, 4) is 11.8 Å².